The van der Waals surface area contributed by atoms with Gasteiger partial charge in [0.15, 0.2) is 0 Å². The summed E-state index contributed by atoms with van der Waals surface area (Å²) in [4.78, 5) is 34.1. The lowest BCUT2D eigenvalue weighted by Gasteiger charge is -2.46. The summed E-state index contributed by atoms with van der Waals surface area (Å²) in [6, 6.07) is 9.89. The van der Waals surface area contributed by atoms with Gasteiger partial charge in [0, 0.05) is 37.0 Å². The van der Waals surface area contributed by atoms with Crippen LogP contribution >= 0.6 is 0 Å². The lowest BCUT2D eigenvalue weighted by atomic mass is 10.0. The molecule has 9 heteroatoms. The lowest BCUT2D eigenvalue weighted by Crippen LogP contribution is -2.61. The third-order valence-corrected chi connectivity index (χ3v) is 6.78. The Morgan fingerprint density at radius 3 is 2.62 bits per heavy atom. The number of nitriles is 1. The highest BCUT2D eigenvalue weighted by Crippen LogP contribution is 2.23. The first kappa shape index (κ1) is 22.0. The minimum absolute atomic E-state index is 0.0398. The van der Waals surface area contributed by atoms with Crippen LogP contribution < -0.4 is 5.56 Å². The zero-order chi connectivity index (χ0) is 23.8. The van der Waals surface area contributed by atoms with E-state index >= 15 is 0 Å². The van der Waals surface area contributed by atoms with Crippen LogP contribution in [-0.2, 0) is 0 Å². The highest BCUT2D eigenvalue weighted by molar-refractivity contribution is 5.94. The molecule has 34 heavy (non-hydrogen) atoms. The molecule has 3 aromatic rings. The number of pyridine rings is 1. The van der Waals surface area contributed by atoms with Gasteiger partial charge in [-0.15, -0.1) is 0 Å². The number of nitrogens with zero attached hydrogens (tertiary/aromatic N) is 5. The van der Waals surface area contributed by atoms with Gasteiger partial charge in [0.25, 0.3) is 11.5 Å². The molecule has 0 atom stereocenters. The van der Waals surface area contributed by atoms with Crippen molar-refractivity contribution in [1.82, 2.24) is 24.6 Å². The smallest absolute Gasteiger partial charge is 0.271 e. The molecule has 5 rings (SSSR count). The van der Waals surface area contributed by atoms with Gasteiger partial charge in [-0.3, -0.25) is 24.6 Å². The predicted molar refractivity (Wildman–Crippen MR) is 124 cm³/mol. The Balaban J connectivity index is 1.30. The van der Waals surface area contributed by atoms with Gasteiger partial charge in [0.05, 0.1) is 28.2 Å². The van der Waals surface area contributed by atoms with Crippen molar-refractivity contribution in [2.75, 3.05) is 26.2 Å². The van der Waals surface area contributed by atoms with Crippen molar-refractivity contribution in [3.63, 3.8) is 0 Å². The van der Waals surface area contributed by atoms with E-state index in [1.54, 1.807) is 18.2 Å². The van der Waals surface area contributed by atoms with Gasteiger partial charge in [-0.1, -0.05) is 6.42 Å². The number of halogens is 1. The van der Waals surface area contributed by atoms with Crippen LogP contribution in [0.25, 0.3) is 17.1 Å². The topological polar surface area (TPSA) is 98.0 Å². The van der Waals surface area contributed by atoms with Gasteiger partial charge in [-0.2, -0.15) is 5.26 Å². The maximum atomic E-state index is 14.4. The first-order valence-corrected chi connectivity index (χ1v) is 11.5. The van der Waals surface area contributed by atoms with Crippen molar-refractivity contribution in [3.05, 3.63) is 69.4 Å². The van der Waals surface area contributed by atoms with E-state index in [1.165, 1.54) is 55.3 Å². The van der Waals surface area contributed by atoms with Gasteiger partial charge >= 0.3 is 0 Å². The zero-order valence-electron chi connectivity index (χ0n) is 18.9. The Labute approximate surface area is 196 Å². The number of carbonyl (C=O) groups is 1. The molecule has 0 radical (unpaired) electrons. The molecule has 8 nitrogen and oxygen atoms in total. The van der Waals surface area contributed by atoms with Crippen LogP contribution in [0, 0.1) is 24.1 Å². The molecule has 4 heterocycles. The summed E-state index contributed by atoms with van der Waals surface area (Å²) >= 11 is 0. The second-order valence-corrected chi connectivity index (χ2v) is 8.92. The summed E-state index contributed by atoms with van der Waals surface area (Å²) in [6.07, 6.45) is 5.29. The number of carbonyl (C=O) groups excluding carboxylic acids is 1. The van der Waals surface area contributed by atoms with Crippen LogP contribution in [0.2, 0.25) is 0 Å². The molecule has 2 aromatic heterocycles. The van der Waals surface area contributed by atoms with E-state index in [1.807, 2.05) is 4.90 Å². The average Bonchev–Trinajstić information content (AvgIpc) is 3.22. The van der Waals surface area contributed by atoms with Crippen LogP contribution in [0.1, 0.15) is 40.7 Å². The van der Waals surface area contributed by atoms with Crippen molar-refractivity contribution >= 4 is 5.91 Å². The maximum Gasteiger partial charge on any atom is 0.271 e. The Hall–Kier alpha value is -3.77. The number of aromatic amines is 1. The molecule has 0 aliphatic carbocycles. The maximum absolute atomic E-state index is 14.4. The summed E-state index contributed by atoms with van der Waals surface area (Å²) in [5, 5.41) is 11.9. The van der Waals surface area contributed by atoms with Gasteiger partial charge in [-0.25, -0.2) is 9.07 Å². The van der Waals surface area contributed by atoms with Crippen LogP contribution in [0.4, 0.5) is 4.39 Å². The third kappa shape index (κ3) is 3.90. The van der Waals surface area contributed by atoms with E-state index < -0.39 is 5.82 Å². The Morgan fingerprint density at radius 2 is 1.94 bits per heavy atom. The first-order chi connectivity index (χ1) is 16.5. The van der Waals surface area contributed by atoms with Gasteiger partial charge in [0.2, 0.25) is 0 Å². The summed E-state index contributed by atoms with van der Waals surface area (Å²) in [7, 11) is 0. The molecule has 0 unspecified atom stereocenters. The standard InChI is InChI=1S/C25H25FN6O2/c1-16-22(8-6-17(12-27)24(16)26)32-23(33)11-21(29-32)20-7-5-18(13-28-20)25(34)31-14-19(15-31)30-9-3-2-4-10-30/h5-8,11,13,19,29H,2-4,9-10,14-15H2,1H3. The van der Waals surface area contributed by atoms with Gasteiger partial charge in [0.1, 0.15) is 11.9 Å². The molecular formula is C25H25FN6O2. The van der Waals surface area contributed by atoms with Crippen LogP contribution in [-0.4, -0.2) is 62.7 Å². The molecule has 0 saturated carbocycles. The fourth-order valence-corrected chi connectivity index (χ4v) is 4.71. The summed E-state index contributed by atoms with van der Waals surface area (Å²) in [5.41, 5.74) is 1.51. The monoisotopic (exact) mass is 460 g/mol. The van der Waals surface area contributed by atoms with E-state index in [0.717, 1.165) is 26.2 Å². The highest BCUT2D eigenvalue weighted by atomic mass is 19.1. The molecule has 174 valence electrons. The molecule has 2 aliphatic rings. The molecule has 1 amide bonds. The highest BCUT2D eigenvalue weighted by Gasteiger charge is 2.35. The fraction of sp³-hybridized carbons (Fsp3) is 0.360. The number of likely N-dealkylation sites (tertiary alicyclic amines) is 2. The second kappa shape index (κ2) is 8.88. The minimum atomic E-state index is -0.655. The largest absolute Gasteiger partial charge is 0.335 e. The molecule has 1 aromatic carbocycles. The number of rotatable bonds is 4. The van der Waals surface area contributed by atoms with Crippen LogP contribution in [0.3, 0.4) is 0 Å². The van der Waals surface area contributed by atoms with Crippen molar-refractivity contribution in [2.45, 2.75) is 32.2 Å². The van der Waals surface area contributed by atoms with Crippen molar-refractivity contribution in [1.29, 1.82) is 5.26 Å². The number of H-pyrrole nitrogens is 1. The molecule has 2 aliphatic heterocycles. The summed E-state index contributed by atoms with van der Waals surface area (Å²) < 4.78 is 15.6. The number of nitrogens with one attached hydrogen (secondary N) is 1. The summed E-state index contributed by atoms with van der Waals surface area (Å²) in [5.74, 6) is -0.695. The number of piperidine rings is 1. The van der Waals surface area contributed by atoms with Crippen molar-refractivity contribution < 1.29 is 9.18 Å². The number of benzene rings is 1. The average molecular weight is 461 g/mol. The Bertz CT molecular complexity index is 1320. The van der Waals surface area contributed by atoms with Gasteiger partial charge in [-0.05, 0) is 57.1 Å². The number of aromatic nitrogens is 3. The molecular weight excluding hydrogens is 435 g/mol. The van der Waals surface area contributed by atoms with Crippen molar-refractivity contribution in [2.24, 2.45) is 0 Å². The van der Waals surface area contributed by atoms with E-state index in [4.69, 9.17) is 5.26 Å². The predicted octanol–water partition coefficient (Wildman–Crippen LogP) is 2.86. The van der Waals surface area contributed by atoms with E-state index in [0.29, 0.717) is 28.7 Å². The quantitative estimate of drug-likeness (QED) is 0.646. The van der Waals surface area contributed by atoms with E-state index in [9.17, 15) is 14.0 Å². The molecule has 0 bridgehead atoms. The lowest BCUT2D eigenvalue weighted by molar-refractivity contribution is 0.0203. The van der Waals surface area contributed by atoms with Crippen LogP contribution in [0.5, 0.6) is 0 Å². The van der Waals surface area contributed by atoms with E-state index in [-0.39, 0.29) is 22.6 Å². The number of hydrogen-bond acceptors (Lipinski definition) is 5. The zero-order valence-corrected chi connectivity index (χ0v) is 18.9. The normalized spacial score (nSPS) is 16.8. The molecule has 1 N–H and O–H groups in total. The Kier molecular flexibility index (Phi) is 5.75. The third-order valence-electron chi connectivity index (χ3n) is 6.78. The van der Waals surface area contributed by atoms with Gasteiger partial charge < -0.3 is 4.90 Å². The summed E-state index contributed by atoms with van der Waals surface area (Å²) in [6.45, 7) is 5.25. The SMILES string of the molecule is Cc1c(-n2[nH]c(-c3ccc(C(=O)N4CC(N5CCCCC5)C4)cn3)cc2=O)ccc(C#N)c1F. The number of amides is 1. The number of hydrogen-bond donors (Lipinski definition) is 1. The first-order valence-electron chi connectivity index (χ1n) is 11.5. The van der Waals surface area contributed by atoms with Crippen molar-refractivity contribution in [3.8, 4) is 23.1 Å². The van der Waals surface area contributed by atoms with Crippen LogP contribution in [0.15, 0.2) is 41.3 Å². The molecule has 2 fully saturated rings. The minimum Gasteiger partial charge on any atom is -0.335 e. The fourth-order valence-electron chi connectivity index (χ4n) is 4.71. The Morgan fingerprint density at radius 1 is 1.18 bits per heavy atom. The molecule has 0 spiro atoms. The second-order valence-electron chi connectivity index (χ2n) is 8.92. The molecule has 2 saturated heterocycles. The van der Waals surface area contributed by atoms with E-state index in [2.05, 4.69) is 15.0 Å².